The van der Waals surface area contributed by atoms with E-state index >= 15 is 0 Å². The molecule has 5 nitrogen and oxygen atoms in total. The zero-order chi connectivity index (χ0) is 16.8. The van der Waals surface area contributed by atoms with E-state index in [1.807, 2.05) is 30.3 Å². The molecule has 0 bridgehead atoms. The number of carbonyl (C=O) groups is 1. The molecule has 0 saturated heterocycles. The standard InChI is InChI=1S/C17H15FN2O3/c1-2-10-19(12-13-6-4-3-5-7-13)17(21)15-9-8-14(20(22)23)11-16(15)18/h2-9,11H,1,10,12H2. The highest BCUT2D eigenvalue weighted by molar-refractivity contribution is 5.94. The average molecular weight is 314 g/mol. The predicted octanol–water partition coefficient (Wildman–Crippen LogP) is 3.56. The maximum atomic E-state index is 14.0. The van der Waals surface area contributed by atoms with Gasteiger partial charge in [0, 0.05) is 19.2 Å². The Kier molecular flexibility index (Phi) is 5.19. The molecule has 0 aliphatic carbocycles. The number of carbonyl (C=O) groups excluding carboxylic acids is 1. The van der Waals surface area contributed by atoms with Gasteiger partial charge in [0.2, 0.25) is 0 Å². The quantitative estimate of drug-likeness (QED) is 0.465. The number of hydrogen-bond acceptors (Lipinski definition) is 3. The van der Waals surface area contributed by atoms with Gasteiger partial charge in [0.1, 0.15) is 5.82 Å². The second-order valence-electron chi connectivity index (χ2n) is 4.88. The van der Waals surface area contributed by atoms with Crippen LogP contribution in [0.25, 0.3) is 0 Å². The fourth-order valence-corrected chi connectivity index (χ4v) is 2.14. The van der Waals surface area contributed by atoms with Gasteiger partial charge in [0.15, 0.2) is 0 Å². The van der Waals surface area contributed by atoms with Crippen molar-refractivity contribution in [1.82, 2.24) is 4.90 Å². The Balaban J connectivity index is 2.27. The topological polar surface area (TPSA) is 63.5 Å². The molecule has 0 N–H and O–H groups in total. The minimum atomic E-state index is -0.911. The van der Waals surface area contributed by atoms with E-state index in [2.05, 4.69) is 6.58 Å². The molecule has 0 fully saturated rings. The molecule has 0 radical (unpaired) electrons. The maximum absolute atomic E-state index is 14.0. The van der Waals surface area contributed by atoms with E-state index in [9.17, 15) is 19.3 Å². The summed E-state index contributed by atoms with van der Waals surface area (Å²) in [6, 6.07) is 12.3. The van der Waals surface area contributed by atoms with Crippen molar-refractivity contribution < 1.29 is 14.1 Å². The summed E-state index contributed by atoms with van der Waals surface area (Å²) < 4.78 is 14.0. The van der Waals surface area contributed by atoms with Crippen molar-refractivity contribution in [3.63, 3.8) is 0 Å². The van der Waals surface area contributed by atoms with Crippen molar-refractivity contribution >= 4 is 11.6 Å². The van der Waals surface area contributed by atoms with Crippen LogP contribution in [0.3, 0.4) is 0 Å². The van der Waals surface area contributed by atoms with Crippen LogP contribution in [0.2, 0.25) is 0 Å². The summed E-state index contributed by atoms with van der Waals surface area (Å²) in [5.74, 6) is -1.45. The number of benzene rings is 2. The third-order valence-electron chi connectivity index (χ3n) is 3.25. The van der Waals surface area contributed by atoms with Crippen molar-refractivity contribution in [2.75, 3.05) is 6.54 Å². The Morgan fingerprint density at radius 3 is 2.52 bits per heavy atom. The van der Waals surface area contributed by atoms with Crippen molar-refractivity contribution in [2.24, 2.45) is 0 Å². The summed E-state index contributed by atoms with van der Waals surface area (Å²) in [6.07, 6.45) is 1.55. The van der Waals surface area contributed by atoms with Gasteiger partial charge in [-0.15, -0.1) is 6.58 Å². The van der Waals surface area contributed by atoms with Crippen molar-refractivity contribution in [1.29, 1.82) is 0 Å². The lowest BCUT2D eigenvalue weighted by Gasteiger charge is -2.21. The maximum Gasteiger partial charge on any atom is 0.272 e. The van der Waals surface area contributed by atoms with Gasteiger partial charge in [-0.1, -0.05) is 36.4 Å². The van der Waals surface area contributed by atoms with Crippen LogP contribution in [0, 0.1) is 15.9 Å². The molecule has 118 valence electrons. The zero-order valence-corrected chi connectivity index (χ0v) is 12.3. The fraction of sp³-hybridized carbons (Fsp3) is 0.118. The highest BCUT2D eigenvalue weighted by Crippen LogP contribution is 2.19. The van der Waals surface area contributed by atoms with E-state index in [0.29, 0.717) is 6.54 Å². The van der Waals surface area contributed by atoms with Crippen LogP contribution in [0.5, 0.6) is 0 Å². The molecule has 0 saturated carbocycles. The molecule has 0 heterocycles. The summed E-state index contributed by atoms with van der Waals surface area (Å²) in [6.45, 7) is 4.13. The highest BCUT2D eigenvalue weighted by Gasteiger charge is 2.21. The molecule has 1 amide bonds. The number of non-ortho nitro benzene ring substituents is 1. The number of rotatable bonds is 6. The molecule has 0 aliphatic heterocycles. The van der Waals surface area contributed by atoms with E-state index < -0.39 is 22.3 Å². The van der Waals surface area contributed by atoms with Crippen LogP contribution in [-0.2, 0) is 6.54 Å². The molecule has 2 aromatic rings. The molecule has 6 heteroatoms. The van der Waals surface area contributed by atoms with Crippen LogP contribution in [0.1, 0.15) is 15.9 Å². The SMILES string of the molecule is C=CCN(Cc1ccccc1)C(=O)c1ccc([N+](=O)[O-])cc1F. The number of halogens is 1. The molecule has 0 unspecified atom stereocenters. The molecule has 2 aromatic carbocycles. The van der Waals surface area contributed by atoms with Gasteiger partial charge in [-0.3, -0.25) is 14.9 Å². The number of nitro groups is 1. The average Bonchev–Trinajstić information content (AvgIpc) is 2.54. The summed E-state index contributed by atoms with van der Waals surface area (Å²) >= 11 is 0. The molecule has 23 heavy (non-hydrogen) atoms. The molecular weight excluding hydrogens is 299 g/mol. The van der Waals surface area contributed by atoms with Crippen LogP contribution < -0.4 is 0 Å². The normalized spacial score (nSPS) is 10.1. The van der Waals surface area contributed by atoms with Crippen LogP contribution >= 0.6 is 0 Å². The lowest BCUT2D eigenvalue weighted by molar-refractivity contribution is -0.385. The Morgan fingerprint density at radius 2 is 1.96 bits per heavy atom. The van der Waals surface area contributed by atoms with Crippen LogP contribution in [0.4, 0.5) is 10.1 Å². The molecule has 0 spiro atoms. The Labute approximate surface area is 132 Å². The molecule has 0 aliphatic rings. The summed E-state index contributed by atoms with van der Waals surface area (Å²) in [5.41, 5.74) is 0.302. The van der Waals surface area contributed by atoms with Gasteiger partial charge >= 0.3 is 0 Å². The minimum absolute atomic E-state index is 0.201. The van der Waals surface area contributed by atoms with E-state index in [0.717, 1.165) is 23.8 Å². The van der Waals surface area contributed by atoms with Crippen molar-refractivity contribution in [3.05, 3.63) is 88.2 Å². The Morgan fingerprint density at radius 1 is 1.26 bits per heavy atom. The van der Waals surface area contributed by atoms with Crippen molar-refractivity contribution in [3.8, 4) is 0 Å². The number of nitro benzene ring substituents is 1. The number of amides is 1. The molecule has 2 rings (SSSR count). The first-order valence-electron chi connectivity index (χ1n) is 6.91. The largest absolute Gasteiger partial charge is 0.331 e. The molecular formula is C17H15FN2O3. The lowest BCUT2D eigenvalue weighted by Crippen LogP contribution is -2.31. The van der Waals surface area contributed by atoms with Crippen molar-refractivity contribution in [2.45, 2.75) is 6.54 Å². The summed E-state index contributed by atoms with van der Waals surface area (Å²) in [4.78, 5) is 23.9. The van der Waals surface area contributed by atoms with Crippen LogP contribution in [-0.4, -0.2) is 22.3 Å². The van der Waals surface area contributed by atoms with E-state index in [1.54, 1.807) is 6.08 Å². The van der Waals surface area contributed by atoms with Gasteiger partial charge in [-0.05, 0) is 11.6 Å². The third kappa shape index (κ3) is 4.00. The minimum Gasteiger partial charge on any atom is -0.331 e. The van der Waals surface area contributed by atoms with Gasteiger partial charge in [0.05, 0.1) is 16.6 Å². The first-order chi connectivity index (χ1) is 11.0. The van der Waals surface area contributed by atoms with Gasteiger partial charge in [-0.2, -0.15) is 0 Å². The van der Waals surface area contributed by atoms with E-state index in [4.69, 9.17) is 0 Å². The van der Waals surface area contributed by atoms with Gasteiger partial charge in [-0.25, -0.2) is 4.39 Å². The third-order valence-corrected chi connectivity index (χ3v) is 3.25. The number of hydrogen-bond donors (Lipinski definition) is 0. The number of nitrogens with zero attached hydrogens (tertiary/aromatic N) is 2. The van der Waals surface area contributed by atoms with Gasteiger partial charge in [0.25, 0.3) is 11.6 Å². The first kappa shape index (κ1) is 16.4. The Hall–Kier alpha value is -3.02. The lowest BCUT2D eigenvalue weighted by atomic mass is 10.1. The monoisotopic (exact) mass is 314 g/mol. The fourth-order valence-electron chi connectivity index (χ4n) is 2.14. The van der Waals surface area contributed by atoms with E-state index in [1.165, 1.54) is 4.90 Å². The second kappa shape index (κ2) is 7.31. The van der Waals surface area contributed by atoms with E-state index in [-0.39, 0.29) is 12.1 Å². The first-order valence-corrected chi connectivity index (χ1v) is 6.91. The Bertz CT molecular complexity index is 732. The second-order valence-corrected chi connectivity index (χ2v) is 4.88. The zero-order valence-electron chi connectivity index (χ0n) is 12.3. The van der Waals surface area contributed by atoms with Gasteiger partial charge < -0.3 is 4.90 Å². The molecule has 0 aromatic heterocycles. The summed E-state index contributed by atoms with van der Waals surface area (Å²) in [7, 11) is 0. The highest BCUT2D eigenvalue weighted by atomic mass is 19.1. The smallest absolute Gasteiger partial charge is 0.272 e. The molecule has 0 atom stereocenters. The summed E-state index contributed by atoms with van der Waals surface area (Å²) in [5, 5.41) is 10.6. The predicted molar refractivity (Wildman–Crippen MR) is 84.4 cm³/mol. The van der Waals surface area contributed by atoms with Crippen LogP contribution in [0.15, 0.2) is 61.2 Å².